The molecule has 0 spiro atoms. The van der Waals surface area contributed by atoms with E-state index >= 15 is 0 Å². The van der Waals surface area contributed by atoms with Crippen molar-refractivity contribution in [3.05, 3.63) is 35.5 Å². The molecule has 0 nitrogen and oxygen atoms in total. The van der Waals surface area contributed by atoms with E-state index in [-0.39, 0.29) is 0 Å². The minimum Gasteiger partial charge on any atom is -0.0995 e. The van der Waals surface area contributed by atoms with Crippen molar-refractivity contribution in [1.29, 1.82) is 0 Å². The fraction of sp³-hybridized carbons (Fsp3) is 0.600. The van der Waals surface area contributed by atoms with E-state index in [0.717, 1.165) is 0 Å². The van der Waals surface area contributed by atoms with Crippen LogP contribution < -0.4 is 0 Å². The second-order valence-corrected chi connectivity index (χ2v) is 4.95. The highest BCUT2D eigenvalue weighted by Crippen LogP contribution is 2.24. The maximum absolute atomic E-state index is 4.10. The van der Waals surface area contributed by atoms with Crippen LogP contribution in [0.1, 0.15) is 52.9 Å². The summed E-state index contributed by atoms with van der Waals surface area (Å²) in [4.78, 5) is 0. The first kappa shape index (κ1) is 12.3. The zero-order valence-corrected chi connectivity index (χ0v) is 10.5. The zero-order chi connectivity index (χ0) is 11.3. The molecule has 0 N–H and O–H groups in total. The molecule has 0 aromatic rings. The van der Waals surface area contributed by atoms with E-state index in [9.17, 15) is 0 Å². The van der Waals surface area contributed by atoms with Crippen LogP contribution in [-0.2, 0) is 0 Å². The van der Waals surface area contributed by atoms with Gasteiger partial charge in [-0.25, -0.2) is 0 Å². The third-order valence-electron chi connectivity index (χ3n) is 3.24. The quantitative estimate of drug-likeness (QED) is 0.525. The molecule has 0 bridgehead atoms. The van der Waals surface area contributed by atoms with Gasteiger partial charge in [0.15, 0.2) is 0 Å². The van der Waals surface area contributed by atoms with Gasteiger partial charge in [-0.1, -0.05) is 35.5 Å². The van der Waals surface area contributed by atoms with Gasteiger partial charge in [0.2, 0.25) is 0 Å². The highest BCUT2D eigenvalue weighted by atomic mass is 14.1. The Morgan fingerprint density at radius 2 is 2.00 bits per heavy atom. The predicted octanol–water partition coefficient (Wildman–Crippen LogP) is 5.04. The molecule has 1 rings (SSSR count). The van der Waals surface area contributed by atoms with Crippen LogP contribution in [-0.4, -0.2) is 0 Å². The molecule has 1 aliphatic carbocycles. The minimum atomic E-state index is 0.607. The third kappa shape index (κ3) is 4.51. The highest BCUT2D eigenvalue weighted by molar-refractivity contribution is 5.13. The lowest BCUT2D eigenvalue weighted by Crippen LogP contribution is -2.00. The molecule has 0 unspecified atom stereocenters. The highest BCUT2D eigenvalue weighted by Gasteiger charge is 2.08. The largest absolute Gasteiger partial charge is 0.0995 e. The van der Waals surface area contributed by atoms with Gasteiger partial charge in [0.1, 0.15) is 0 Å². The number of hydrogen-bond donors (Lipinski definition) is 0. The Bertz CT molecular complexity index is 278. The van der Waals surface area contributed by atoms with E-state index in [1.54, 1.807) is 5.57 Å². The summed E-state index contributed by atoms with van der Waals surface area (Å²) in [6.45, 7) is 10.8. The average Bonchev–Trinajstić information content (AvgIpc) is 2.16. The molecule has 1 aliphatic rings. The molecule has 1 atom stereocenters. The van der Waals surface area contributed by atoms with E-state index in [1.807, 2.05) is 0 Å². The van der Waals surface area contributed by atoms with Gasteiger partial charge in [0.25, 0.3) is 0 Å². The van der Waals surface area contributed by atoms with Gasteiger partial charge >= 0.3 is 0 Å². The Kier molecular flexibility index (Phi) is 4.87. The zero-order valence-electron chi connectivity index (χ0n) is 10.5. The fourth-order valence-electron chi connectivity index (χ4n) is 2.15. The van der Waals surface area contributed by atoms with Crippen molar-refractivity contribution in [2.24, 2.45) is 5.92 Å². The summed E-state index contributed by atoms with van der Waals surface area (Å²) in [6.07, 6.45) is 11.1. The summed E-state index contributed by atoms with van der Waals surface area (Å²) in [5, 5.41) is 0. The lowest BCUT2D eigenvalue weighted by molar-refractivity contribution is 0.617. The van der Waals surface area contributed by atoms with Gasteiger partial charge in [-0.05, 0) is 58.8 Å². The van der Waals surface area contributed by atoms with Crippen LogP contribution in [0.4, 0.5) is 0 Å². The van der Waals surface area contributed by atoms with Crippen LogP contribution in [0.25, 0.3) is 0 Å². The molecular weight excluding hydrogens is 180 g/mol. The van der Waals surface area contributed by atoms with E-state index in [2.05, 4.69) is 39.5 Å². The summed E-state index contributed by atoms with van der Waals surface area (Å²) < 4.78 is 0. The lowest BCUT2D eigenvalue weighted by Gasteiger charge is -2.16. The fourth-order valence-corrected chi connectivity index (χ4v) is 2.15. The molecule has 84 valence electrons. The Morgan fingerprint density at radius 1 is 1.27 bits per heavy atom. The first-order valence-electron chi connectivity index (χ1n) is 6.08. The Labute approximate surface area is 94.8 Å². The van der Waals surface area contributed by atoms with Crippen LogP contribution in [0.2, 0.25) is 0 Å². The second kappa shape index (κ2) is 5.95. The Balaban J connectivity index is 2.71. The summed E-state index contributed by atoms with van der Waals surface area (Å²) in [5.41, 5.74) is 4.40. The van der Waals surface area contributed by atoms with E-state index in [4.69, 9.17) is 0 Å². The van der Waals surface area contributed by atoms with Gasteiger partial charge in [0.05, 0.1) is 0 Å². The SMILES string of the molecule is C=C(C)[C@@H]1/C=C(\C)CC/C=C(\C)CCC1. The van der Waals surface area contributed by atoms with Crippen molar-refractivity contribution in [3.8, 4) is 0 Å². The minimum absolute atomic E-state index is 0.607. The smallest absolute Gasteiger partial charge is 0.00261 e. The maximum atomic E-state index is 4.10. The summed E-state index contributed by atoms with van der Waals surface area (Å²) in [7, 11) is 0. The molecule has 0 amide bonds. The van der Waals surface area contributed by atoms with Gasteiger partial charge in [-0.15, -0.1) is 0 Å². The van der Waals surface area contributed by atoms with Gasteiger partial charge in [-0.3, -0.25) is 0 Å². The van der Waals surface area contributed by atoms with Gasteiger partial charge in [0, 0.05) is 0 Å². The second-order valence-electron chi connectivity index (χ2n) is 4.95. The molecule has 0 saturated carbocycles. The van der Waals surface area contributed by atoms with Crippen LogP contribution in [0, 0.1) is 5.92 Å². The molecule has 0 radical (unpaired) electrons. The van der Waals surface area contributed by atoms with Crippen molar-refractivity contribution in [2.45, 2.75) is 52.9 Å². The van der Waals surface area contributed by atoms with Crippen molar-refractivity contribution in [1.82, 2.24) is 0 Å². The van der Waals surface area contributed by atoms with Crippen LogP contribution in [0.15, 0.2) is 35.5 Å². The number of hydrogen-bond acceptors (Lipinski definition) is 0. The molecule has 15 heavy (non-hydrogen) atoms. The number of rotatable bonds is 1. The van der Waals surface area contributed by atoms with E-state index in [1.165, 1.54) is 43.3 Å². The molecular formula is C15H24. The van der Waals surface area contributed by atoms with Crippen LogP contribution in [0.5, 0.6) is 0 Å². The molecule has 0 heterocycles. The predicted molar refractivity (Wildman–Crippen MR) is 68.9 cm³/mol. The topological polar surface area (TPSA) is 0 Å². The van der Waals surface area contributed by atoms with Crippen LogP contribution in [0.3, 0.4) is 0 Å². The van der Waals surface area contributed by atoms with Crippen molar-refractivity contribution < 1.29 is 0 Å². The van der Waals surface area contributed by atoms with E-state index in [0.29, 0.717) is 5.92 Å². The van der Waals surface area contributed by atoms with Crippen molar-refractivity contribution in [3.63, 3.8) is 0 Å². The lowest BCUT2D eigenvalue weighted by atomic mass is 9.90. The Hall–Kier alpha value is -0.780. The average molecular weight is 204 g/mol. The first-order chi connectivity index (χ1) is 7.09. The van der Waals surface area contributed by atoms with Gasteiger partial charge < -0.3 is 0 Å². The van der Waals surface area contributed by atoms with Crippen molar-refractivity contribution in [2.75, 3.05) is 0 Å². The van der Waals surface area contributed by atoms with Crippen molar-refractivity contribution >= 4 is 0 Å². The summed E-state index contributed by atoms with van der Waals surface area (Å²) in [5.74, 6) is 0.607. The van der Waals surface area contributed by atoms with Gasteiger partial charge in [-0.2, -0.15) is 0 Å². The third-order valence-corrected chi connectivity index (χ3v) is 3.24. The number of allylic oxidation sites excluding steroid dienone is 5. The normalized spacial score (nSPS) is 31.0. The molecule has 0 saturated heterocycles. The Morgan fingerprint density at radius 3 is 2.67 bits per heavy atom. The van der Waals surface area contributed by atoms with E-state index < -0.39 is 0 Å². The molecule has 0 heteroatoms. The molecule has 0 fully saturated rings. The standard InChI is InChI=1S/C15H24/c1-12(2)15-10-6-8-13(3)7-5-9-14(4)11-15/h7,11,15H,1,5-6,8-10H2,2-4H3/b13-7+,14-11+/t15-/m0/s1. The molecule has 0 aromatic carbocycles. The van der Waals surface area contributed by atoms with Crippen LogP contribution >= 0.6 is 0 Å². The maximum Gasteiger partial charge on any atom is -0.00261 e. The summed E-state index contributed by atoms with van der Waals surface area (Å²) in [6, 6.07) is 0. The summed E-state index contributed by atoms with van der Waals surface area (Å²) >= 11 is 0. The first-order valence-corrected chi connectivity index (χ1v) is 6.08. The molecule has 0 aromatic heterocycles. The monoisotopic (exact) mass is 204 g/mol. The molecule has 0 aliphatic heterocycles.